The molecule has 15 heavy (non-hydrogen) atoms. The Morgan fingerprint density at radius 3 is 2.47 bits per heavy atom. The van der Waals surface area contributed by atoms with Crippen molar-refractivity contribution >= 4 is 0 Å². The van der Waals surface area contributed by atoms with Crippen LogP contribution in [0.4, 0.5) is 0 Å². The average Bonchev–Trinajstić information content (AvgIpc) is 2.69. The van der Waals surface area contributed by atoms with Crippen molar-refractivity contribution < 1.29 is 18.9 Å². The molecule has 1 aromatic rings. The molecule has 1 aromatic carbocycles. The molecule has 1 fully saturated rings. The lowest BCUT2D eigenvalue weighted by Crippen LogP contribution is -2.40. The second-order valence-electron chi connectivity index (χ2n) is 3.05. The Bertz CT molecular complexity index is 293. The number of hydrogen-bond acceptors (Lipinski definition) is 4. The van der Waals surface area contributed by atoms with Crippen LogP contribution in [0.5, 0.6) is 5.75 Å². The van der Waals surface area contributed by atoms with Gasteiger partial charge in [0, 0.05) is 0 Å². The Labute approximate surface area is 88.7 Å². The van der Waals surface area contributed by atoms with Crippen molar-refractivity contribution in [3.05, 3.63) is 30.3 Å². The van der Waals surface area contributed by atoms with Gasteiger partial charge in [0.2, 0.25) is 0 Å². The van der Waals surface area contributed by atoms with Gasteiger partial charge in [0.1, 0.15) is 5.75 Å². The van der Waals surface area contributed by atoms with E-state index in [0.29, 0.717) is 25.6 Å². The molecule has 0 spiro atoms. The van der Waals surface area contributed by atoms with Crippen LogP contribution in [0.2, 0.25) is 0 Å². The highest BCUT2D eigenvalue weighted by atomic mass is 17.0. The zero-order valence-electron chi connectivity index (χ0n) is 8.64. The molecule has 0 saturated carbocycles. The molecule has 0 bridgehead atoms. The fourth-order valence-corrected chi connectivity index (χ4v) is 1.36. The fraction of sp³-hybridized carbons (Fsp3) is 0.455. The summed E-state index contributed by atoms with van der Waals surface area (Å²) in [6, 6.07) is 9.32. The van der Waals surface area contributed by atoms with E-state index >= 15 is 0 Å². The van der Waals surface area contributed by atoms with Crippen molar-refractivity contribution in [1.82, 2.24) is 0 Å². The predicted molar refractivity (Wildman–Crippen MR) is 53.3 cm³/mol. The van der Waals surface area contributed by atoms with E-state index in [-0.39, 0.29) is 0 Å². The monoisotopic (exact) mass is 210 g/mol. The van der Waals surface area contributed by atoms with Gasteiger partial charge in [0.05, 0.1) is 19.8 Å². The summed E-state index contributed by atoms with van der Waals surface area (Å²) >= 11 is 0. The van der Waals surface area contributed by atoms with Gasteiger partial charge < -0.3 is 4.74 Å². The Hall–Kier alpha value is -1.10. The van der Waals surface area contributed by atoms with Crippen LogP contribution < -0.4 is 4.74 Å². The third-order valence-corrected chi connectivity index (χ3v) is 1.95. The van der Waals surface area contributed by atoms with Crippen LogP contribution in [-0.2, 0) is 14.2 Å². The average molecular weight is 210 g/mol. The van der Waals surface area contributed by atoms with Gasteiger partial charge in [-0.05, 0) is 19.1 Å². The molecule has 0 aromatic heterocycles. The minimum Gasteiger partial charge on any atom is -0.416 e. The van der Waals surface area contributed by atoms with E-state index in [0.717, 1.165) is 0 Å². The normalized spacial score (nSPS) is 19.0. The lowest BCUT2D eigenvalue weighted by atomic mass is 10.3. The van der Waals surface area contributed by atoms with E-state index in [1.54, 1.807) is 0 Å². The van der Waals surface area contributed by atoms with Crippen molar-refractivity contribution in [3.8, 4) is 5.75 Å². The maximum absolute atomic E-state index is 5.54. The van der Waals surface area contributed by atoms with Gasteiger partial charge in [-0.15, -0.1) is 0 Å². The van der Waals surface area contributed by atoms with Crippen LogP contribution in [0.25, 0.3) is 0 Å². The van der Waals surface area contributed by atoms with Crippen molar-refractivity contribution in [2.24, 2.45) is 0 Å². The summed E-state index contributed by atoms with van der Waals surface area (Å²) in [4.78, 5) is 0. The molecule has 1 heterocycles. The predicted octanol–water partition coefficient (Wildman–Crippen LogP) is 1.76. The maximum Gasteiger partial charge on any atom is 0.461 e. The number of ether oxygens (including phenoxy) is 4. The second-order valence-corrected chi connectivity index (χ2v) is 3.05. The summed E-state index contributed by atoms with van der Waals surface area (Å²) < 4.78 is 21.5. The van der Waals surface area contributed by atoms with Crippen molar-refractivity contribution in [1.29, 1.82) is 0 Å². The van der Waals surface area contributed by atoms with Crippen molar-refractivity contribution in [3.63, 3.8) is 0 Å². The fourth-order valence-electron chi connectivity index (χ4n) is 1.36. The van der Waals surface area contributed by atoms with Crippen LogP contribution in [0.15, 0.2) is 30.3 Å². The first-order valence-corrected chi connectivity index (χ1v) is 5.00. The second kappa shape index (κ2) is 4.61. The SMILES string of the molecule is CCOC1(Oc2ccccc2)OCCO1. The maximum atomic E-state index is 5.54. The summed E-state index contributed by atoms with van der Waals surface area (Å²) in [5.41, 5.74) is 0. The highest BCUT2D eigenvalue weighted by Gasteiger charge is 2.41. The van der Waals surface area contributed by atoms with Crippen LogP contribution in [0.1, 0.15) is 6.92 Å². The number of hydrogen-bond donors (Lipinski definition) is 0. The molecule has 1 aliphatic rings. The minimum atomic E-state index is -1.35. The first-order valence-electron chi connectivity index (χ1n) is 5.00. The molecule has 1 saturated heterocycles. The van der Waals surface area contributed by atoms with E-state index in [4.69, 9.17) is 18.9 Å². The zero-order chi connectivity index (χ0) is 10.6. The van der Waals surface area contributed by atoms with E-state index in [2.05, 4.69) is 0 Å². The molecule has 0 unspecified atom stereocenters. The Balaban J connectivity index is 2.07. The Morgan fingerprint density at radius 1 is 1.20 bits per heavy atom. The third-order valence-electron chi connectivity index (χ3n) is 1.95. The molecule has 0 radical (unpaired) electrons. The van der Waals surface area contributed by atoms with Gasteiger partial charge in [-0.25, -0.2) is 0 Å². The molecule has 4 heteroatoms. The molecular weight excluding hydrogens is 196 g/mol. The zero-order valence-corrected chi connectivity index (χ0v) is 8.64. The van der Waals surface area contributed by atoms with Gasteiger partial charge in [0.25, 0.3) is 0 Å². The molecule has 82 valence electrons. The largest absolute Gasteiger partial charge is 0.461 e. The van der Waals surface area contributed by atoms with Gasteiger partial charge in [-0.3, -0.25) is 14.2 Å². The van der Waals surface area contributed by atoms with Gasteiger partial charge in [-0.1, -0.05) is 18.2 Å². The molecule has 1 aliphatic heterocycles. The molecule has 0 N–H and O–H groups in total. The van der Waals surface area contributed by atoms with Gasteiger partial charge in [0.15, 0.2) is 0 Å². The quantitative estimate of drug-likeness (QED) is 0.709. The summed E-state index contributed by atoms with van der Waals surface area (Å²) in [7, 11) is 0. The molecule has 4 nitrogen and oxygen atoms in total. The van der Waals surface area contributed by atoms with Crippen LogP contribution in [-0.4, -0.2) is 26.0 Å². The van der Waals surface area contributed by atoms with E-state index in [1.807, 2.05) is 37.3 Å². The Kier molecular flexibility index (Phi) is 3.20. The van der Waals surface area contributed by atoms with Crippen LogP contribution in [0, 0.1) is 0 Å². The van der Waals surface area contributed by atoms with Crippen molar-refractivity contribution in [2.45, 2.75) is 13.1 Å². The molecule has 0 amide bonds. The summed E-state index contributed by atoms with van der Waals surface area (Å²) in [6.07, 6.45) is -1.35. The summed E-state index contributed by atoms with van der Waals surface area (Å²) in [5, 5.41) is 0. The van der Waals surface area contributed by atoms with E-state index in [1.165, 1.54) is 0 Å². The smallest absolute Gasteiger partial charge is 0.416 e. The first kappa shape index (κ1) is 10.4. The lowest BCUT2D eigenvalue weighted by molar-refractivity contribution is -0.429. The van der Waals surface area contributed by atoms with Gasteiger partial charge in [-0.2, -0.15) is 0 Å². The Morgan fingerprint density at radius 2 is 1.87 bits per heavy atom. The van der Waals surface area contributed by atoms with Crippen LogP contribution in [0.3, 0.4) is 0 Å². The first-order chi connectivity index (χ1) is 7.35. The topological polar surface area (TPSA) is 36.9 Å². The van der Waals surface area contributed by atoms with Gasteiger partial charge >= 0.3 is 6.16 Å². The number of para-hydroxylation sites is 1. The molecule has 2 rings (SSSR count). The summed E-state index contributed by atoms with van der Waals surface area (Å²) in [6.45, 7) is 3.29. The number of rotatable bonds is 4. The van der Waals surface area contributed by atoms with E-state index in [9.17, 15) is 0 Å². The molecule has 0 atom stereocenters. The van der Waals surface area contributed by atoms with Crippen LogP contribution >= 0.6 is 0 Å². The third kappa shape index (κ3) is 2.47. The summed E-state index contributed by atoms with van der Waals surface area (Å²) in [5.74, 6) is 0.660. The highest BCUT2D eigenvalue weighted by molar-refractivity contribution is 5.21. The molecule has 0 aliphatic carbocycles. The number of benzene rings is 1. The standard InChI is InChI=1S/C11H14O4/c1-2-12-11(13-8-9-14-11)15-10-6-4-3-5-7-10/h3-7H,2,8-9H2,1H3. The lowest BCUT2D eigenvalue weighted by Gasteiger charge is -2.25. The minimum absolute atomic E-state index is 0.465. The van der Waals surface area contributed by atoms with Crippen molar-refractivity contribution in [2.75, 3.05) is 19.8 Å². The molecular formula is C11H14O4. The van der Waals surface area contributed by atoms with E-state index < -0.39 is 6.16 Å². The highest BCUT2D eigenvalue weighted by Crippen LogP contribution is 2.25.